The van der Waals surface area contributed by atoms with Crippen molar-refractivity contribution in [3.05, 3.63) is 12.4 Å². The van der Waals surface area contributed by atoms with Crippen molar-refractivity contribution in [2.45, 2.75) is 51.6 Å². The lowest BCUT2D eigenvalue weighted by Gasteiger charge is -2.43. The van der Waals surface area contributed by atoms with Gasteiger partial charge in [-0.3, -0.25) is 9.48 Å². The lowest BCUT2D eigenvalue weighted by molar-refractivity contribution is -0.122. The maximum absolute atomic E-state index is 12.4. The Labute approximate surface area is 119 Å². The molecule has 3 rings (SSSR count). The fraction of sp³-hybridized carbons (Fsp3) is 0.733. The molecule has 1 aromatic heterocycles. The van der Waals surface area contributed by atoms with Gasteiger partial charge >= 0.3 is 0 Å². The zero-order valence-electron chi connectivity index (χ0n) is 12.1. The molecule has 2 fully saturated rings. The number of aromatic nitrogens is 2. The number of fused-ring (bicyclic) bond motifs is 2. The zero-order chi connectivity index (χ0) is 14.1. The van der Waals surface area contributed by atoms with Crippen LogP contribution in [-0.4, -0.2) is 21.7 Å². The van der Waals surface area contributed by atoms with Gasteiger partial charge in [0.05, 0.1) is 11.9 Å². The van der Waals surface area contributed by atoms with E-state index >= 15 is 0 Å². The van der Waals surface area contributed by atoms with Gasteiger partial charge in [-0.1, -0.05) is 6.42 Å². The Morgan fingerprint density at radius 3 is 2.75 bits per heavy atom. The Kier molecular flexibility index (Phi) is 3.78. The molecule has 2 atom stereocenters. The van der Waals surface area contributed by atoms with Gasteiger partial charge in [0.2, 0.25) is 5.91 Å². The molecular formula is C15H24N4O. The standard InChI is InChI=1S/C15H24N4O/c1-2-19-9-13(8-17-19)18-15(20)12-6-10-4-3-5-11(7-12)14(10)16/h8-12,14H,2-7,16H2,1H3,(H,18,20). The number of carbonyl (C=O) groups excluding carboxylic acids is 1. The highest BCUT2D eigenvalue weighted by Gasteiger charge is 2.40. The smallest absolute Gasteiger partial charge is 0.227 e. The number of amides is 1. The van der Waals surface area contributed by atoms with Crippen molar-refractivity contribution < 1.29 is 4.79 Å². The van der Waals surface area contributed by atoms with E-state index in [2.05, 4.69) is 10.4 Å². The predicted molar refractivity (Wildman–Crippen MR) is 78.1 cm³/mol. The molecule has 20 heavy (non-hydrogen) atoms. The molecule has 3 N–H and O–H groups in total. The van der Waals surface area contributed by atoms with Crippen LogP contribution in [0.2, 0.25) is 0 Å². The number of rotatable bonds is 3. The number of nitrogens with two attached hydrogens (primary N) is 1. The second-order valence-corrected chi connectivity index (χ2v) is 6.27. The van der Waals surface area contributed by atoms with E-state index in [1.165, 1.54) is 19.3 Å². The van der Waals surface area contributed by atoms with Gasteiger partial charge in [-0.15, -0.1) is 0 Å². The summed E-state index contributed by atoms with van der Waals surface area (Å²) < 4.78 is 1.82. The molecule has 2 bridgehead atoms. The number of hydrogen-bond acceptors (Lipinski definition) is 3. The SMILES string of the molecule is CCn1cc(NC(=O)C2CC3CCCC(C2)C3N)cn1. The topological polar surface area (TPSA) is 72.9 Å². The van der Waals surface area contributed by atoms with Crippen molar-refractivity contribution in [2.75, 3.05) is 5.32 Å². The molecule has 0 aromatic carbocycles. The lowest BCUT2D eigenvalue weighted by atomic mass is 9.65. The first-order valence-corrected chi connectivity index (χ1v) is 7.76. The Bertz CT molecular complexity index is 470. The molecule has 2 unspecified atom stereocenters. The first kappa shape index (κ1) is 13.6. The molecule has 0 aliphatic heterocycles. The molecule has 1 amide bonds. The van der Waals surface area contributed by atoms with E-state index in [1.54, 1.807) is 6.20 Å². The van der Waals surface area contributed by atoms with Crippen LogP contribution in [0.15, 0.2) is 12.4 Å². The van der Waals surface area contributed by atoms with E-state index in [0.29, 0.717) is 17.9 Å². The van der Waals surface area contributed by atoms with E-state index in [1.807, 2.05) is 17.8 Å². The van der Waals surface area contributed by atoms with Crippen LogP contribution in [0.4, 0.5) is 5.69 Å². The van der Waals surface area contributed by atoms with Gasteiger partial charge in [0.1, 0.15) is 0 Å². The molecule has 2 aliphatic rings. The minimum atomic E-state index is 0.120. The van der Waals surface area contributed by atoms with E-state index in [9.17, 15) is 4.79 Å². The van der Waals surface area contributed by atoms with Crippen molar-refractivity contribution in [1.82, 2.24) is 9.78 Å². The van der Waals surface area contributed by atoms with Gasteiger partial charge in [0.25, 0.3) is 0 Å². The van der Waals surface area contributed by atoms with Crippen LogP contribution in [0.1, 0.15) is 39.0 Å². The molecule has 0 spiro atoms. The maximum atomic E-state index is 12.4. The first-order valence-electron chi connectivity index (χ1n) is 7.76. The Morgan fingerprint density at radius 1 is 1.45 bits per heavy atom. The minimum Gasteiger partial charge on any atom is -0.327 e. The van der Waals surface area contributed by atoms with Crippen LogP contribution in [0.3, 0.4) is 0 Å². The summed E-state index contributed by atoms with van der Waals surface area (Å²) in [6.07, 6.45) is 9.16. The van der Waals surface area contributed by atoms with Crippen LogP contribution in [0.5, 0.6) is 0 Å². The summed E-state index contributed by atoms with van der Waals surface area (Å²) in [6, 6.07) is 0.315. The monoisotopic (exact) mass is 276 g/mol. The van der Waals surface area contributed by atoms with Gasteiger partial charge in [-0.25, -0.2) is 0 Å². The molecule has 2 aliphatic carbocycles. The molecule has 1 aromatic rings. The molecule has 5 nitrogen and oxygen atoms in total. The van der Waals surface area contributed by atoms with E-state index in [4.69, 9.17) is 5.73 Å². The number of nitrogens with zero attached hydrogens (tertiary/aromatic N) is 2. The summed E-state index contributed by atoms with van der Waals surface area (Å²) >= 11 is 0. The van der Waals surface area contributed by atoms with Crippen molar-refractivity contribution in [3.63, 3.8) is 0 Å². The highest BCUT2D eigenvalue weighted by molar-refractivity contribution is 5.92. The molecule has 110 valence electrons. The number of aryl methyl sites for hydroxylation is 1. The average molecular weight is 276 g/mol. The summed E-state index contributed by atoms with van der Waals surface area (Å²) in [6.45, 7) is 2.85. The van der Waals surface area contributed by atoms with Crippen molar-refractivity contribution in [2.24, 2.45) is 23.5 Å². The summed E-state index contributed by atoms with van der Waals surface area (Å²) in [4.78, 5) is 12.4. The number of anilines is 1. The Morgan fingerprint density at radius 2 is 2.15 bits per heavy atom. The van der Waals surface area contributed by atoms with E-state index in [0.717, 1.165) is 25.1 Å². The average Bonchev–Trinajstić information content (AvgIpc) is 2.86. The zero-order valence-corrected chi connectivity index (χ0v) is 12.1. The third-order valence-electron chi connectivity index (χ3n) is 5.01. The van der Waals surface area contributed by atoms with E-state index in [-0.39, 0.29) is 11.8 Å². The molecular weight excluding hydrogens is 252 g/mol. The van der Waals surface area contributed by atoms with Crippen molar-refractivity contribution in [1.29, 1.82) is 0 Å². The van der Waals surface area contributed by atoms with Gasteiger partial charge < -0.3 is 11.1 Å². The van der Waals surface area contributed by atoms with Crippen LogP contribution in [0, 0.1) is 17.8 Å². The molecule has 0 saturated heterocycles. The molecule has 1 heterocycles. The third-order valence-corrected chi connectivity index (χ3v) is 5.01. The summed E-state index contributed by atoms with van der Waals surface area (Å²) in [5, 5.41) is 7.19. The van der Waals surface area contributed by atoms with Crippen LogP contribution >= 0.6 is 0 Å². The Hall–Kier alpha value is -1.36. The highest BCUT2D eigenvalue weighted by atomic mass is 16.1. The Balaban J connectivity index is 1.63. The maximum Gasteiger partial charge on any atom is 0.227 e. The third kappa shape index (κ3) is 2.59. The molecule has 0 radical (unpaired) electrons. The summed E-state index contributed by atoms with van der Waals surface area (Å²) in [5.74, 6) is 1.34. The number of carbonyl (C=O) groups is 1. The molecule has 5 heteroatoms. The highest BCUT2D eigenvalue weighted by Crippen LogP contribution is 2.42. The quantitative estimate of drug-likeness (QED) is 0.886. The van der Waals surface area contributed by atoms with Gasteiger partial charge in [0.15, 0.2) is 0 Å². The number of nitrogens with one attached hydrogen (secondary N) is 1. The lowest BCUT2D eigenvalue weighted by Crippen LogP contribution is -2.48. The molecule has 2 saturated carbocycles. The van der Waals surface area contributed by atoms with Gasteiger partial charge in [-0.2, -0.15) is 5.10 Å². The number of hydrogen-bond donors (Lipinski definition) is 2. The first-order chi connectivity index (χ1) is 9.67. The second-order valence-electron chi connectivity index (χ2n) is 6.27. The van der Waals surface area contributed by atoms with Gasteiger partial charge in [0, 0.05) is 24.7 Å². The normalized spacial score (nSPS) is 32.9. The predicted octanol–water partition coefficient (Wildman–Crippen LogP) is 2.00. The largest absolute Gasteiger partial charge is 0.327 e. The van der Waals surface area contributed by atoms with Crippen LogP contribution < -0.4 is 11.1 Å². The fourth-order valence-corrected chi connectivity index (χ4v) is 3.85. The van der Waals surface area contributed by atoms with Crippen LogP contribution in [-0.2, 0) is 11.3 Å². The minimum absolute atomic E-state index is 0.120. The van der Waals surface area contributed by atoms with E-state index < -0.39 is 0 Å². The second kappa shape index (κ2) is 5.56. The van der Waals surface area contributed by atoms with Crippen molar-refractivity contribution in [3.8, 4) is 0 Å². The van der Waals surface area contributed by atoms with Crippen molar-refractivity contribution >= 4 is 11.6 Å². The summed E-state index contributed by atoms with van der Waals surface area (Å²) in [7, 11) is 0. The van der Waals surface area contributed by atoms with Gasteiger partial charge in [-0.05, 0) is 44.4 Å². The van der Waals surface area contributed by atoms with Crippen LogP contribution in [0.25, 0.3) is 0 Å². The summed E-state index contributed by atoms with van der Waals surface area (Å²) in [5.41, 5.74) is 7.08. The fourth-order valence-electron chi connectivity index (χ4n) is 3.85.